The van der Waals surface area contributed by atoms with Crippen LogP contribution >= 0.6 is 28.2 Å². The van der Waals surface area contributed by atoms with Gasteiger partial charge in [0.1, 0.15) is 0 Å². The molecule has 0 saturated heterocycles. The molecule has 2 aromatic heterocycles. The molecular formula is C8H12Br2CuN4. The molecule has 89 valence electrons. The van der Waals surface area contributed by atoms with Gasteiger partial charge in [-0.2, -0.15) is 0 Å². The van der Waals surface area contributed by atoms with Crippen LogP contribution in [0.1, 0.15) is 0 Å². The molecule has 0 unspecified atom stereocenters. The van der Waals surface area contributed by atoms with Gasteiger partial charge >= 0.3 is 39.6 Å². The SMILES string of the molecule is Cn1ccnc1.Cn1ccnc1.[Br][Cu][Br]. The zero-order chi connectivity index (χ0) is 11.5. The number of rotatable bonds is 0. The summed E-state index contributed by atoms with van der Waals surface area (Å²) in [5.74, 6) is 0. The normalized spacial score (nSPS) is 8.53. The Kier molecular flexibility index (Phi) is 10.3. The van der Waals surface area contributed by atoms with Crippen molar-refractivity contribution in [1.29, 1.82) is 0 Å². The Balaban J connectivity index is 0.000000210. The van der Waals surface area contributed by atoms with Gasteiger partial charge in [0.25, 0.3) is 0 Å². The van der Waals surface area contributed by atoms with Crippen molar-refractivity contribution in [2.24, 2.45) is 14.1 Å². The van der Waals surface area contributed by atoms with Gasteiger partial charge in [-0.15, -0.1) is 0 Å². The fraction of sp³-hybridized carbons (Fsp3) is 0.250. The van der Waals surface area contributed by atoms with Gasteiger partial charge < -0.3 is 9.13 Å². The predicted molar refractivity (Wildman–Crippen MR) is 64.3 cm³/mol. The van der Waals surface area contributed by atoms with Crippen molar-refractivity contribution in [1.82, 2.24) is 19.1 Å². The van der Waals surface area contributed by atoms with Crippen LogP contribution in [0, 0.1) is 0 Å². The molecule has 0 aliphatic carbocycles. The van der Waals surface area contributed by atoms with E-state index in [4.69, 9.17) is 0 Å². The average Bonchev–Trinajstić information content (AvgIpc) is 2.81. The number of hydrogen-bond acceptors (Lipinski definition) is 2. The Morgan fingerprint density at radius 1 is 0.933 bits per heavy atom. The molecule has 2 rings (SSSR count). The first-order valence-electron chi connectivity index (χ1n) is 3.85. The van der Waals surface area contributed by atoms with E-state index in [1.807, 2.05) is 35.6 Å². The van der Waals surface area contributed by atoms with Crippen LogP contribution in [0.3, 0.4) is 0 Å². The molecule has 0 N–H and O–H groups in total. The molecule has 2 heterocycles. The van der Waals surface area contributed by atoms with E-state index in [-0.39, 0.29) is 0 Å². The van der Waals surface area contributed by atoms with Crippen LogP contribution in [0.4, 0.5) is 0 Å². The van der Waals surface area contributed by atoms with E-state index in [2.05, 4.69) is 38.2 Å². The summed E-state index contributed by atoms with van der Waals surface area (Å²) in [6, 6.07) is 0. The maximum absolute atomic E-state index is 3.78. The molecule has 0 bridgehead atoms. The van der Waals surface area contributed by atoms with E-state index in [1.54, 1.807) is 25.0 Å². The Bertz CT molecular complexity index is 277. The molecule has 0 radical (unpaired) electrons. The molecule has 0 atom stereocenters. The standard InChI is InChI=1S/2C4H6N2.2BrH.Cu/c2*1-6-3-2-5-4-6;;;/h2*2-4H,1H3;2*1H;/q;;;;+2/p-2. The van der Waals surface area contributed by atoms with Gasteiger partial charge in [-0.05, 0) is 0 Å². The molecule has 0 aliphatic heterocycles. The Morgan fingerprint density at radius 3 is 1.33 bits per heavy atom. The van der Waals surface area contributed by atoms with E-state index < -0.39 is 0 Å². The fourth-order valence-corrected chi connectivity index (χ4v) is 0.652. The van der Waals surface area contributed by atoms with Crippen LogP contribution in [0.5, 0.6) is 0 Å². The van der Waals surface area contributed by atoms with Crippen LogP contribution in [-0.2, 0) is 25.4 Å². The van der Waals surface area contributed by atoms with E-state index in [1.165, 1.54) is 11.3 Å². The van der Waals surface area contributed by atoms with Crippen molar-refractivity contribution < 1.29 is 11.3 Å². The topological polar surface area (TPSA) is 35.6 Å². The molecule has 4 nitrogen and oxygen atoms in total. The quantitative estimate of drug-likeness (QED) is 0.651. The van der Waals surface area contributed by atoms with Crippen molar-refractivity contribution in [3.8, 4) is 0 Å². The number of halogens is 2. The summed E-state index contributed by atoms with van der Waals surface area (Å²) < 4.78 is 3.78. The van der Waals surface area contributed by atoms with Gasteiger partial charge in [0.15, 0.2) is 0 Å². The first-order chi connectivity index (χ1) is 7.20. The summed E-state index contributed by atoms with van der Waals surface area (Å²) in [4.78, 5) is 7.57. The number of nitrogens with zero attached hydrogens (tertiary/aromatic N) is 4. The van der Waals surface area contributed by atoms with Crippen LogP contribution in [0.15, 0.2) is 37.4 Å². The second-order valence-electron chi connectivity index (χ2n) is 2.50. The van der Waals surface area contributed by atoms with Gasteiger partial charge in [0, 0.05) is 38.9 Å². The van der Waals surface area contributed by atoms with Gasteiger partial charge in [-0.25, -0.2) is 9.97 Å². The maximum atomic E-state index is 3.78. The molecule has 2 aromatic rings. The molecule has 0 aliphatic rings. The van der Waals surface area contributed by atoms with Crippen LogP contribution in [-0.4, -0.2) is 19.1 Å². The summed E-state index contributed by atoms with van der Waals surface area (Å²) in [5, 5.41) is 0. The molecule has 0 amide bonds. The second-order valence-corrected chi connectivity index (χ2v) is 7.25. The van der Waals surface area contributed by atoms with Crippen molar-refractivity contribution in [3.05, 3.63) is 37.4 Å². The molecule has 0 spiro atoms. The van der Waals surface area contributed by atoms with Crippen LogP contribution in [0.2, 0.25) is 0 Å². The second kappa shape index (κ2) is 10.4. The fourth-order valence-electron chi connectivity index (χ4n) is 0.652. The Morgan fingerprint density at radius 2 is 1.27 bits per heavy atom. The van der Waals surface area contributed by atoms with E-state index in [9.17, 15) is 0 Å². The summed E-state index contributed by atoms with van der Waals surface area (Å²) in [6.07, 6.45) is 10.8. The van der Waals surface area contributed by atoms with Gasteiger partial charge in [0.2, 0.25) is 0 Å². The van der Waals surface area contributed by atoms with Gasteiger partial charge in [0.05, 0.1) is 12.7 Å². The Hall–Kier alpha value is -0.101. The zero-order valence-corrected chi connectivity index (χ0v) is 12.4. The first kappa shape index (κ1) is 14.9. The predicted octanol–water partition coefficient (Wildman–Crippen LogP) is 2.53. The number of aromatic nitrogens is 4. The molecular weight excluding hydrogens is 375 g/mol. The third kappa shape index (κ3) is 10.2. The van der Waals surface area contributed by atoms with Gasteiger partial charge in [-0.1, -0.05) is 0 Å². The Labute approximate surface area is 110 Å². The number of hydrogen-bond donors (Lipinski definition) is 0. The molecule has 0 saturated carbocycles. The molecule has 7 heteroatoms. The number of imidazole rings is 2. The monoisotopic (exact) mass is 385 g/mol. The van der Waals surface area contributed by atoms with E-state index >= 15 is 0 Å². The third-order valence-electron chi connectivity index (χ3n) is 1.27. The first-order valence-corrected chi connectivity index (χ1v) is 8.51. The van der Waals surface area contributed by atoms with E-state index in [0.717, 1.165) is 0 Å². The van der Waals surface area contributed by atoms with Crippen molar-refractivity contribution >= 4 is 28.2 Å². The zero-order valence-electron chi connectivity index (χ0n) is 8.31. The molecule has 15 heavy (non-hydrogen) atoms. The average molecular weight is 388 g/mol. The van der Waals surface area contributed by atoms with Crippen molar-refractivity contribution in [2.45, 2.75) is 0 Å². The number of aryl methyl sites for hydroxylation is 2. The minimum atomic E-state index is 1.44. The van der Waals surface area contributed by atoms with E-state index in [0.29, 0.717) is 0 Å². The summed E-state index contributed by atoms with van der Waals surface area (Å²) >= 11 is 7.38. The summed E-state index contributed by atoms with van der Waals surface area (Å²) in [5.41, 5.74) is 0. The van der Waals surface area contributed by atoms with Crippen molar-refractivity contribution in [3.63, 3.8) is 0 Å². The van der Waals surface area contributed by atoms with Crippen molar-refractivity contribution in [2.75, 3.05) is 0 Å². The van der Waals surface area contributed by atoms with Gasteiger partial charge in [-0.3, -0.25) is 0 Å². The summed E-state index contributed by atoms with van der Waals surface area (Å²) in [7, 11) is 3.88. The minimum absolute atomic E-state index is 1.44. The molecule has 0 fully saturated rings. The van der Waals surface area contributed by atoms with Crippen LogP contribution in [0.25, 0.3) is 0 Å². The summed E-state index contributed by atoms with van der Waals surface area (Å²) in [6.45, 7) is 0. The third-order valence-corrected chi connectivity index (χ3v) is 1.27. The van der Waals surface area contributed by atoms with Crippen LogP contribution < -0.4 is 0 Å². The molecule has 0 aromatic carbocycles.